The van der Waals surface area contributed by atoms with Gasteiger partial charge in [0, 0.05) is 25.7 Å². The summed E-state index contributed by atoms with van der Waals surface area (Å²) < 4.78 is 5.60. The van der Waals surface area contributed by atoms with Gasteiger partial charge in [-0.25, -0.2) is 0 Å². The third-order valence-electron chi connectivity index (χ3n) is 4.98. The zero-order valence-corrected chi connectivity index (χ0v) is 17.6. The highest BCUT2D eigenvalue weighted by atomic mass is 16.5. The molecule has 0 aromatic heterocycles. The third kappa shape index (κ3) is 9.04. The second-order valence-electron chi connectivity index (χ2n) is 7.49. The van der Waals surface area contributed by atoms with E-state index >= 15 is 0 Å². The van der Waals surface area contributed by atoms with Crippen LogP contribution in [0.25, 0.3) is 0 Å². The lowest BCUT2D eigenvalue weighted by Gasteiger charge is -2.33. The number of nitrogens with one attached hydrogen (secondary N) is 2. The van der Waals surface area contributed by atoms with E-state index in [4.69, 9.17) is 4.74 Å². The Bertz CT molecular complexity index is 545. The largest absolute Gasteiger partial charge is 0.389 e. The highest BCUT2D eigenvalue weighted by Gasteiger charge is 2.19. The summed E-state index contributed by atoms with van der Waals surface area (Å²) in [7, 11) is 0. The van der Waals surface area contributed by atoms with Crippen LogP contribution in [0.2, 0.25) is 0 Å². The first kappa shape index (κ1) is 22.7. The van der Waals surface area contributed by atoms with Gasteiger partial charge in [0.1, 0.15) is 0 Å². The zero-order valence-electron chi connectivity index (χ0n) is 17.6. The average Bonchev–Trinajstić information content (AvgIpc) is 2.72. The lowest BCUT2D eigenvalue weighted by Crippen LogP contribution is -2.49. The van der Waals surface area contributed by atoms with Crippen LogP contribution in [0.1, 0.15) is 45.1 Å². The first-order valence-electron chi connectivity index (χ1n) is 10.8. The van der Waals surface area contributed by atoms with Crippen molar-refractivity contribution >= 4 is 5.96 Å². The summed E-state index contributed by atoms with van der Waals surface area (Å²) in [5.41, 5.74) is 1.11. The molecule has 2 rings (SSSR count). The molecule has 1 atom stereocenters. The number of piperidine rings is 1. The number of nitrogens with zero attached hydrogens (tertiary/aromatic N) is 2. The molecule has 1 fully saturated rings. The number of likely N-dealkylation sites (tertiary alicyclic amines) is 1. The Morgan fingerprint density at radius 3 is 2.68 bits per heavy atom. The summed E-state index contributed by atoms with van der Waals surface area (Å²) in [6, 6.07) is 10.4. The summed E-state index contributed by atoms with van der Waals surface area (Å²) in [5.74, 6) is 0.789. The van der Waals surface area contributed by atoms with Crippen molar-refractivity contribution in [2.75, 3.05) is 39.3 Å². The van der Waals surface area contributed by atoms with Crippen molar-refractivity contribution in [3.8, 4) is 0 Å². The number of aliphatic hydroxyl groups is 1. The molecule has 1 aliphatic heterocycles. The molecule has 0 spiro atoms. The van der Waals surface area contributed by atoms with Gasteiger partial charge in [-0.1, -0.05) is 43.7 Å². The van der Waals surface area contributed by atoms with Crippen LogP contribution in [0.15, 0.2) is 35.3 Å². The summed E-state index contributed by atoms with van der Waals surface area (Å²) in [5, 5.41) is 17.0. The second-order valence-corrected chi connectivity index (χ2v) is 7.49. The van der Waals surface area contributed by atoms with Gasteiger partial charge in [0.2, 0.25) is 0 Å². The van der Waals surface area contributed by atoms with Crippen LogP contribution < -0.4 is 10.6 Å². The van der Waals surface area contributed by atoms with Crippen LogP contribution in [0, 0.1) is 0 Å². The van der Waals surface area contributed by atoms with E-state index in [1.807, 2.05) is 30.3 Å². The van der Waals surface area contributed by atoms with Crippen molar-refractivity contribution in [2.45, 2.75) is 58.3 Å². The van der Waals surface area contributed by atoms with E-state index in [1.165, 1.54) is 19.4 Å². The van der Waals surface area contributed by atoms with Crippen molar-refractivity contribution in [1.29, 1.82) is 0 Å². The maximum Gasteiger partial charge on any atom is 0.191 e. The van der Waals surface area contributed by atoms with Crippen LogP contribution in [-0.4, -0.2) is 67.4 Å². The Balaban J connectivity index is 1.69. The maximum absolute atomic E-state index is 10.2. The second kappa shape index (κ2) is 13.5. The molecule has 1 unspecified atom stereocenters. The van der Waals surface area contributed by atoms with Crippen LogP contribution in [0.3, 0.4) is 0 Å². The minimum atomic E-state index is -0.602. The average molecular weight is 391 g/mol. The Morgan fingerprint density at radius 1 is 1.25 bits per heavy atom. The van der Waals surface area contributed by atoms with Crippen molar-refractivity contribution in [1.82, 2.24) is 15.5 Å². The Kier molecular flexibility index (Phi) is 10.9. The van der Waals surface area contributed by atoms with Gasteiger partial charge in [0.15, 0.2) is 5.96 Å². The van der Waals surface area contributed by atoms with Crippen molar-refractivity contribution in [2.24, 2.45) is 4.99 Å². The molecule has 1 saturated heterocycles. The fourth-order valence-corrected chi connectivity index (χ4v) is 3.33. The molecule has 6 nitrogen and oxygen atoms in total. The molecule has 3 N–H and O–H groups in total. The van der Waals surface area contributed by atoms with E-state index in [1.54, 1.807) is 0 Å². The standard InChI is InChI=1S/C22H38N4O2/c1-3-5-13-26-14-11-20(12-15-26)25-22(23-4-2)24-16-21(27)18-28-17-19-9-7-6-8-10-19/h6-10,20-21,27H,3-5,11-18H2,1-2H3,(H2,23,24,25). The Labute approximate surface area is 170 Å². The van der Waals surface area contributed by atoms with E-state index in [0.29, 0.717) is 19.2 Å². The molecule has 0 aliphatic carbocycles. The van der Waals surface area contributed by atoms with Gasteiger partial charge in [-0.05, 0) is 38.3 Å². The fourth-order valence-electron chi connectivity index (χ4n) is 3.33. The summed E-state index contributed by atoms with van der Waals surface area (Å²) in [6.07, 6.45) is 4.21. The van der Waals surface area contributed by atoms with E-state index in [-0.39, 0.29) is 6.61 Å². The van der Waals surface area contributed by atoms with Gasteiger partial charge in [-0.3, -0.25) is 4.99 Å². The van der Waals surface area contributed by atoms with Crippen molar-refractivity contribution in [3.63, 3.8) is 0 Å². The van der Waals surface area contributed by atoms with Gasteiger partial charge in [0.25, 0.3) is 0 Å². The highest BCUT2D eigenvalue weighted by molar-refractivity contribution is 5.80. The SMILES string of the molecule is CCCCN1CCC(NC(=NCC(O)COCc2ccccc2)NCC)CC1. The van der Waals surface area contributed by atoms with E-state index < -0.39 is 6.10 Å². The van der Waals surface area contributed by atoms with Crippen molar-refractivity contribution < 1.29 is 9.84 Å². The molecular weight excluding hydrogens is 352 g/mol. The number of aliphatic imine (C=N–C) groups is 1. The Morgan fingerprint density at radius 2 is 2.00 bits per heavy atom. The highest BCUT2D eigenvalue weighted by Crippen LogP contribution is 2.11. The number of hydrogen-bond donors (Lipinski definition) is 3. The van der Waals surface area contributed by atoms with E-state index in [9.17, 15) is 5.11 Å². The molecule has 1 heterocycles. The summed E-state index contributed by atoms with van der Waals surface area (Å²) >= 11 is 0. The number of unbranched alkanes of at least 4 members (excludes halogenated alkanes) is 1. The van der Waals surface area contributed by atoms with E-state index in [0.717, 1.165) is 44.0 Å². The van der Waals surface area contributed by atoms with E-state index in [2.05, 4.69) is 34.4 Å². The van der Waals surface area contributed by atoms with Crippen LogP contribution in [0.4, 0.5) is 0 Å². The quantitative estimate of drug-likeness (QED) is 0.400. The molecular formula is C22H38N4O2. The maximum atomic E-state index is 10.2. The van der Waals surface area contributed by atoms with Gasteiger partial charge < -0.3 is 25.4 Å². The normalized spacial score (nSPS) is 17.5. The van der Waals surface area contributed by atoms with Gasteiger partial charge in [-0.15, -0.1) is 0 Å². The molecule has 1 aliphatic rings. The minimum Gasteiger partial charge on any atom is -0.389 e. The molecule has 1 aromatic carbocycles. The predicted octanol–water partition coefficient (Wildman–Crippen LogP) is 2.38. The van der Waals surface area contributed by atoms with Crippen molar-refractivity contribution in [3.05, 3.63) is 35.9 Å². The number of ether oxygens (including phenoxy) is 1. The number of guanidine groups is 1. The minimum absolute atomic E-state index is 0.285. The summed E-state index contributed by atoms with van der Waals surface area (Å²) in [6.45, 7) is 9.75. The monoisotopic (exact) mass is 390 g/mol. The Hall–Kier alpha value is -1.63. The number of hydrogen-bond acceptors (Lipinski definition) is 4. The number of aliphatic hydroxyl groups excluding tert-OH is 1. The lowest BCUT2D eigenvalue weighted by molar-refractivity contribution is 0.0331. The molecule has 0 saturated carbocycles. The van der Waals surface area contributed by atoms with Gasteiger partial charge >= 0.3 is 0 Å². The van der Waals surface area contributed by atoms with Gasteiger partial charge in [-0.2, -0.15) is 0 Å². The molecule has 158 valence electrons. The molecule has 0 amide bonds. The molecule has 6 heteroatoms. The molecule has 1 aromatic rings. The van der Waals surface area contributed by atoms with Crippen LogP contribution in [0.5, 0.6) is 0 Å². The zero-order chi connectivity index (χ0) is 20.0. The van der Waals surface area contributed by atoms with Crippen LogP contribution >= 0.6 is 0 Å². The lowest BCUT2D eigenvalue weighted by atomic mass is 10.0. The summed E-state index contributed by atoms with van der Waals surface area (Å²) in [4.78, 5) is 7.11. The first-order valence-corrected chi connectivity index (χ1v) is 10.8. The topological polar surface area (TPSA) is 69.1 Å². The molecule has 28 heavy (non-hydrogen) atoms. The molecule has 0 bridgehead atoms. The fraction of sp³-hybridized carbons (Fsp3) is 0.682. The third-order valence-corrected chi connectivity index (χ3v) is 4.98. The van der Waals surface area contributed by atoms with Gasteiger partial charge in [0.05, 0.1) is 25.9 Å². The number of rotatable bonds is 11. The predicted molar refractivity (Wildman–Crippen MR) is 116 cm³/mol. The first-order chi connectivity index (χ1) is 13.7. The molecule has 0 radical (unpaired) electrons. The number of benzene rings is 1. The van der Waals surface area contributed by atoms with Crippen LogP contribution in [-0.2, 0) is 11.3 Å². The smallest absolute Gasteiger partial charge is 0.191 e.